The first-order valence-electron chi connectivity index (χ1n) is 21.6. The van der Waals surface area contributed by atoms with Gasteiger partial charge in [0.05, 0.1) is 22.3 Å². The lowest BCUT2D eigenvalue weighted by Gasteiger charge is -2.36. The van der Waals surface area contributed by atoms with Gasteiger partial charge in [-0.15, -0.1) is 0 Å². The van der Waals surface area contributed by atoms with E-state index < -0.39 is 113 Å². The number of halogens is 1. The van der Waals surface area contributed by atoms with E-state index in [1.54, 1.807) is 43.3 Å². The van der Waals surface area contributed by atoms with Crippen molar-refractivity contribution in [2.45, 2.75) is 40.7 Å². The van der Waals surface area contributed by atoms with Gasteiger partial charge in [0.1, 0.15) is 68.5 Å². The van der Waals surface area contributed by atoms with E-state index in [-0.39, 0.29) is 58.4 Å². The van der Waals surface area contributed by atoms with Gasteiger partial charge in [-0.05, 0) is 60.0 Å². The highest BCUT2D eigenvalue weighted by molar-refractivity contribution is 6.32. The molecule has 2 aromatic rings. The fraction of sp³-hybridized carbons (Fsp3) is 0.354. The lowest BCUT2D eigenvalue weighted by atomic mass is 9.79. The van der Waals surface area contributed by atoms with Crippen LogP contribution in [0.4, 0.5) is 11.4 Å². The van der Waals surface area contributed by atoms with Gasteiger partial charge >= 0.3 is 47.8 Å². The topological polar surface area (TPSA) is 282 Å². The first-order valence-corrected chi connectivity index (χ1v) is 21.9. The van der Waals surface area contributed by atoms with E-state index in [4.69, 9.17) is 63.7 Å². The number of carbonyl (C=O) groups is 9. The van der Waals surface area contributed by atoms with Crippen LogP contribution in [0.5, 0.6) is 11.5 Å². The Morgan fingerprint density at radius 3 is 1.53 bits per heavy atom. The minimum absolute atomic E-state index is 0.00783. The largest absolute Gasteiger partial charge is 0.507 e. The van der Waals surface area contributed by atoms with Crippen molar-refractivity contribution in [3.8, 4) is 11.5 Å². The average molecular weight is 1030 g/mol. The van der Waals surface area contributed by atoms with Gasteiger partial charge < -0.3 is 67.0 Å². The molecule has 72 heavy (non-hydrogen) atoms. The molecule has 3 aliphatic rings. The monoisotopic (exact) mass is 1020 g/mol. The van der Waals surface area contributed by atoms with E-state index in [9.17, 15) is 48.3 Å². The van der Waals surface area contributed by atoms with Crippen LogP contribution >= 0.6 is 11.6 Å². The second-order valence-corrected chi connectivity index (χ2v) is 15.8. The number of carbonyl (C=O) groups excluding carboxylic acids is 9. The van der Waals surface area contributed by atoms with Crippen LogP contribution in [0.2, 0.25) is 0 Å². The zero-order chi connectivity index (χ0) is 52.5. The summed E-state index contributed by atoms with van der Waals surface area (Å²) < 4.78 is 57.8. The van der Waals surface area contributed by atoms with E-state index in [1.165, 1.54) is 40.2 Å². The van der Waals surface area contributed by atoms with Crippen molar-refractivity contribution in [3.05, 3.63) is 100 Å². The molecule has 23 nitrogen and oxygen atoms in total. The van der Waals surface area contributed by atoms with Crippen molar-refractivity contribution < 1.29 is 100 Å². The van der Waals surface area contributed by atoms with Gasteiger partial charge in [0, 0.05) is 45.4 Å². The zero-order valence-electron chi connectivity index (χ0n) is 39.5. The van der Waals surface area contributed by atoms with Gasteiger partial charge in [0.25, 0.3) is 0 Å². The maximum atomic E-state index is 13.2. The highest BCUT2D eigenvalue weighted by Gasteiger charge is 2.37. The first-order chi connectivity index (χ1) is 34.3. The molecular formula is C48H49ClN2O21. The average Bonchev–Trinajstić information content (AvgIpc) is 3.29. The van der Waals surface area contributed by atoms with Crippen molar-refractivity contribution in [1.29, 1.82) is 0 Å². The summed E-state index contributed by atoms with van der Waals surface area (Å²) in [5.74, 6) is -7.42. The highest BCUT2D eigenvalue weighted by Crippen LogP contribution is 2.46. The smallest absolute Gasteiger partial charge is 0.328 e. The molecule has 384 valence electrons. The molecule has 1 N–H and O–H groups in total. The maximum absolute atomic E-state index is 13.2. The summed E-state index contributed by atoms with van der Waals surface area (Å²) in [6, 6.07) is 9.55. The molecule has 24 heteroatoms. The number of aliphatic hydroxyl groups is 1. The number of benzene rings is 2. The Hall–Kier alpha value is -8.34. The number of aryl methyl sites for hydroxylation is 1. The molecule has 0 amide bonds. The fourth-order valence-corrected chi connectivity index (χ4v) is 7.03. The number of ether oxygens (including phenoxy) is 11. The van der Waals surface area contributed by atoms with Crippen LogP contribution in [-0.2, 0) is 85.8 Å². The molecule has 0 saturated carbocycles. The van der Waals surface area contributed by atoms with E-state index in [0.717, 1.165) is 27.7 Å². The molecule has 0 spiro atoms. The van der Waals surface area contributed by atoms with Crippen molar-refractivity contribution >= 4 is 82.1 Å². The standard InChI is InChI=1S/C48H49ClN2O21/c1-27-6-10-37(50(19-44(58)68-23-64-28(2)52)20-45(59)69-24-65-29(3)53)42(14-27)62-12-13-63-43-15-32(48-34-9-8-33(56)16-40(34)72-41-18-39(57)36(49)17-35(41)48)7-11-38(43)51(21-46(60)70-25-66-30(4)54)22-47(61)71-26-67-31(5)55/h6-11,14-18,34,41,57H,12-13,19-26H2,1-5H3. The van der Waals surface area contributed by atoms with E-state index in [2.05, 4.69) is 0 Å². The van der Waals surface area contributed by atoms with Gasteiger partial charge in [-0.1, -0.05) is 29.8 Å². The first kappa shape index (κ1) is 54.6. The Morgan fingerprint density at radius 1 is 0.625 bits per heavy atom. The number of ketones is 1. The van der Waals surface area contributed by atoms with Gasteiger partial charge in [-0.2, -0.15) is 0 Å². The van der Waals surface area contributed by atoms with Crippen LogP contribution in [0.25, 0.3) is 5.57 Å². The van der Waals surface area contributed by atoms with E-state index in [0.29, 0.717) is 22.3 Å². The highest BCUT2D eigenvalue weighted by atomic mass is 35.5. The zero-order valence-corrected chi connectivity index (χ0v) is 40.2. The molecule has 2 atom stereocenters. The fourth-order valence-electron chi connectivity index (χ4n) is 6.85. The molecule has 5 rings (SSSR count). The Kier molecular flexibility index (Phi) is 19.7. The van der Waals surface area contributed by atoms with Crippen LogP contribution in [0.15, 0.2) is 88.9 Å². The summed E-state index contributed by atoms with van der Waals surface area (Å²) in [6.07, 6.45) is 6.33. The van der Waals surface area contributed by atoms with Crippen LogP contribution in [0.1, 0.15) is 38.8 Å². The number of hydrogen-bond donors (Lipinski definition) is 1. The summed E-state index contributed by atoms with van der Waals surface area (Å²) >= 11 is 6.42. The molecule has 0 bridgehead atoms. The Labute approximate surface area is 415 Å². The van der Waals surface area contributed by atoms with E-state index in [1.807, 2.05) is 0 Å². The van der Waals surface area contributed by atoms with Crippen LogP contribution in [0, 0.1) is 12.8 Å². The lowest BCUT2D eigenvalue weighted by Crippen LogP contribution is -2.37. The van der Waals surface area contributed by atoms with Crippen LogP contribution in [-0.4, -0.2) is 131 Å². The third-order valence-corrected chi connectivity index (χ3v) is 10.2. The molecule has 0 radical (unpaired) electrons. The summed E-state index contributed by atoms with van der Waals surface area (Å²) in [7, 11) is 0. The minimum Gasteiger partial charge on any atom is -0.507 e. The van der Waals surface area contributed by atoms with Crippen LogP contribution < -0.4 is 19.3 Å². The van der Waals surface area contributed by atoms with Crippen molar-refractivity contribution in [1.82, 2.24) is 0 Å². The molecule has 0 fully saturated rings. The van der Waals surface area contributed by atoms with Crippen LogP contribution in [0.3, 0.4) is 0 Å². The second kappa shape index (κ2) is 26.0. The summed E-state index contributed by atoms with van der Waals surface area (Å²) in [6.45, 7) is 0.308. The quantitative estimate of drug-likeness (QED) is 0.0679. The molecule has 1 heterocycles. The van der Waals surface area contributed by atoms with Crippen molar-refractivity contribution in [2.24, 2.45) is 5.92 Å². The Balaban J connectivity index is 1.52. The van der Waals surface area contributed by atoms with Gasteiger partial charge in [-0.3, -0.25) is 43.2 Å². The third-order valence-electron chi connectivity index (χ3n) is 9.95. The summed E-state index contributed by atoms with van der Waals surface area (Å²) in [5, 5.41) is 10.5. The molecule has 2 aromatic carbocycles. The predicted octanol–water partition coefficient (Wildman–Crippen LogP) is 3.69. The number of fused-ring (bicyclic) bond motifs is 2. The molecule has 1 aliphatic heterocycles. The lowest BCUT2D eigenvalue weighted by molar-refractivity contribution is -0.167. The number of allylic oxidation sites excluding steroid dienone is 4. The maximum Gasteiger partial charge on any atom is 0.328 e. The molecular weight excluding hydrogens is 976 g/mol. The molecule has 2 unspecified atom stereocenters. The summed E-state index contributed by atoms with van der Waals surface area (Å²) in [4.78, 5) is 113. The minimum atomic E-state index is -0.956. The number of rotatable bonds is 24. The second-order valence-electron chi connectivity index (χ2n) is 15.4. The number of hydrogen-bond acceptors (Lipinski definition) is 23. The molecule has 2 aliphatic carbocycles. The summed E-state index contributed by atoms with van der Waals surface area (Å²) in [5.41, 5.74) is 2.54. The third kappa shape index (κ3) is 16.4. The number of nitrogens with zero attached hydrogens (tertiary/aromatic N) is 2. The Morgan fingerprint density at radius 2 is 1.07 bits per heavy atom. The number of aliphatic hydroxyl groups excluding tert-OH is 1. The Bertz CT molecular complexity index is 2550. The van der Waals surface area contributed by atoms with E-state index >= 15 is 0 Å². The van der Waals surface area contributed by atoms with Crippen molar-refractivity contribution in [3.63, 3.8) is 0 Å². The van der Waals surface area contributed by atoms with Crippen molar-refractivity contribution in [2.75, 3.05) is 76.4 Å². The predicted molar refractivity (Wildman–Crippen MR) is 246 cm³/mol. The van der Waals surface area contributed by atoms with Gasteiger partial charge in [0.15, 0.2) is 5.78 Å². The molecule has 0 saturated heterocycles. The number of esters is 8. The van der Waals surface area contributed by atoms with Gasteiger partial charge in [-0.25, -0.2) is 0 Å². The normalized spacial score (nSPS) is 15.3. The number of anilines is 2. The molecule has 0 aromatic heterocycles. The SMILES string of the molecule is CC(=O)OCOC(=O)CN(CC(=O)OCOC(C)=O)c1ccc(C)cc1OCCOc1cc(C2=C3C=C(Cl)C(O)=CC3OC3=CC(=O)C=CC32)ccc1N(CC(=O)OCOC(C)=O)CC(=O)OCOC(C)=O. The van der Waals surface area contributed by atoms with Gasteiger partial charge in [0.2, 0.25) is 27.2 Å².